The van der Waals surface area contributed by atoms with Crippen LogP contribution in [0.15, 0.2) is 54.6 Å². The second-order valence-electron chi connectivity index (χ2n) is 9.71. The van der Waals surface area contributed by atoms with Crippen LogP contribution in [0, 0.1) is 11.3 Å². The molecule has 2 aromatic rings. The Balaban J connectivity index is 1.59. The Labute approximate surface area is 175 Å². The van der Waals surface area contributed by atoms with Gasteiger partial charge in [-0.3, -0.25) is 0 Å². The standard InChI is InChI=1S/C27H32O2/c1-19(2)21-11-13-23-22(17-21)12-14-24-26(3,15-8-16-27(23,24)4)18-29-25(28)20-9-6-5-7-10-20/h5-7,9-14,17,19,24H,8,15-16,18H2,1-4H3/t24-,26+,27-/m1/s1. The molecule has 0 amide bonds. The lowest BCUT2D eigenvalue weighted by atomic mass is 9.52. The molecule has 152 valence electrons. The molecule has 0 heterocycles. The van der Waals surface area contributed by atoms with Crippen molar-refractivity contribution in [3.63, 3.8) is 0 Å². The lowest BCUT2D eigenvalue weighted by Gasteiger charge is -2.53. The van der Waals surface area contributed by atoms with Crippen molar-refractivity contribution in [2.45, 2.75) is 58.3 Å². The number of esters is 1. The lowest BCUT2D eigenvalue weighted by molar-refractivity contribution is -0.00989. The Hall–Kier alpha value is -2.35. The zero-order valence-corrected chi connectivity index (χ0v) is 18.1. The van der Waals surface area contributed by atoms with E-state index in [1.807, 2.05) is 30.3 Å². The van der Waals surface area contributed by atoms with E-state index >= 15 is 0 Å². The van der Waals surface area contributed by atoms with Crippen LogP contribution >= 0.6 is 0 Å². The monoisotopic (exact) mass is 388 g/mol. The summed E-state index contributed by atoms with van der Waals surface area (Å²) in [5.74, 6) is 0.679. The van der Waals surface area contributed by atoms with Gasteiger partial charge in [0.15, 0.2) is 0 Å². The van der Waals surface area contributed by atoms with Gasteiger partial charge in [-0.05, 0) is 58.9 Å². The minimum atomic E-state index is -0.221. The summed E-state index contributed by atoms with van der Waals surface area (Å²) < 4.78 is 5.83. The smallest absolute Gasteiger partial charge is 0.338 e. The molecule has 2 aliphatic rings. The maximum atomic E-state index is 12.5. The van der Waals surface area contributed by atoms with E-state index in [4.69, 9.17) is 4.74 Å². The average Bonchev–Trinajstić information content (AvgIpc) is 2.72. The summed E-state index contributed by atoms with van der Waals surface area (Å²) in [7, 11) is 0. The van der Waals surface area contributed by atoms with Crippen LogP contribution in [0.1, 0.15) is 79.9 Å². The molecule has 3 atom stereocenters. The normalized spacial score (nSPS) is 28.0. The molecular weight excluding hydrogens is 356 g/mol. The second kappa shape index (κ2) is 7.48. The molecule has 0 N–H and O–H groups in total. The number of carbonyl (C=O) groups excluding carboxylic acids is 1. The van der Waals surface area contributed by atoms with Crippen molar-refractivity contribution in [3.8, 4) is 0 Å². The second-order valence-corrected chi connectivity index (χ2v) is 9.71. The topological polar surface area (TPSA) is 26.3 Å². The first-order chi connectivity index (χ1) is 13.8. The van der Waals surface area contributed by atoms with E-state index in [0.717, 1.165) is 12.8 Å². The minimum Gasteiger partial charge on any atom is -0.461 e. The molecule has 4 rings (SSSR count). The first kappa shape index (κ1) is 19.9. The van der Waals surface area contributed by atoms with Crippen molar-refractivity contribution >= 4 is 12.0 Å². The summed E-state index contributed by atoms with van der Waals surface area (Å²) >= 11 is 0. The highest BCUT2D eigenvalue weighted by molar-refractivity contribution is 5.89. The van der Waals surface area contributed by atoms with Gasteiger partial charge in [0, 0.05) is 5.41 Å². The zero-order chi connectivity index (χ0) is 20.6. The van der Waals surface area contributed by atoms with E-state index < -0.39 is 0 Å². The molecule has 0 unspecified atom stereocenters. The maximum Gasteiger partial charge on any atom is 0.338 e. The number of ether oxygens (including phenoxy) is 1. The number of fused-ring (bicyclic) bond motifs is 3. The number of hydrogen-bond acceptors (Lipinski definition) is 2. The van der Waals surface area contributed by atoms with Gasteiger partial charge in [-0.2, -0.15) is 0 Å². The van der Waals surface area contributed by atoms with E-state index in [1.165, 1.54) is 23.1 Å². The summed E-state index contributed by atoms with van der Waals surface area (Å²) in [6.45, 7) is 9.66. The number of allylic oxidation sites excluding steroid dienone is 1. The first-order valence-corrected chi connectivity index (χ1v) is 10.9. The van der Waals surface area contributed by atoms with Crippen LogP contribution in [0.5, 0.6) is 0 Å². The number of benzene rings is 2. The predicted molar refractivity (Wildman–Crippen MR) is 119 cm³/mol. The van der Waals surface area contributed by atoms with Gasteiger partial charge < -0.3 is 4.74 Å². The molecule has 1 fully saturated rings. The van der Waals surface area contributed by atoms with Gasteiger partial charge in [-0.15, -0.1) is 0 Å². The molecule has 0 spiro atoms. The van der Waals surface area contributed by atoms with E-state index in [1.54, 1.807) is 0 Å². The summed E-state index contributed by atoms with van der Waals surface area (Å²) in [6, 6.07) is 16.3. The molecule has 0 saturated heterocycles. The van der Waals surface area contributed by atoms with E-state index in [0.29, 0.717) is 24.0 Å². The molecule has 0 radical (unpaired) electrons. The van der Waals surface area contributed by atoms with Gasteiger partial charge in [0.05, 0.1) is 12.2 Å². The molecule has 29 heavy (non-hydrogen) atoms. The summed E-state index contributed by atoms with van der Waals surface area (Å²) in [6.07, 6.45) is 8.11. The van der Waals surface area contributed by atoms with Crippen LogP contribution in [0.25, 0.3) is 6.08 Å². The molecule has 2 aromatic carbocycles. The van der Waals surface area contributed by atoms with Gasteiger partial charge in [0.2, 0.25) is 0 Å². The molecule has 2 aliphatic carbocycles. The molecule has 2 nitrogen and oxygen atoms in total. The first-order valence-electron chi connectivity index (χ1n) is 10.9. The summed E-state index contributed by atoms with van der Waals surface area (Å²) in [5.41, 5.74) is 4.87. The van der Waals surface area contributed by atoms with Crippen molar-refractivity contribution in [3.05, 3.63) is 76.9 Å². The summed E-state index contributed by atoms with van der Waals surface area (Å²) in [5, 5.41) is 0. The highest BCUT2D eigenvalue weighted by atomic mass is 16.5. The van der Waals surface area contributed by atoms with Gasteiger partial charge in [0.25, 0.3) is 0 Å². The van der Waals surface area contributed by atoms with Crippen molar-refractivity contribution < 1.29 is 9.53 Å². The van der Waals surface area contributed by atoms with E-state index in [-0.39, 0.29) is 16.8 Å². The fraction of sp³-hybridized carbons (Fsp3) is 0.444. The van der Waals surface area contributed by atoms with Crippen LogP contribution in [-0.4, -0.2) is 12.6 Å². The molecule has 0 bridgehead atoms. The fourth-order valence-corrected chi connectivity index (χ4v) is 5.53. The van der Waals surface area contributed by atoms with Crippen LogP contribution in [-0.2, 0) is 10.2 Å². The number of hydrogen-bond donors (Lipinski definition) is 0. The van der Waals surface area contributed by atoms with Crippen LogP contribution < -0.4 is 0 Å². The van der Waals surface area contributed by atoms with Gasteiger partial charge in [0.1, 0.15) is 0 Å². The van der Waals surface area contributed by atoms with Crippen LogP contribution in [0.2, 0.25) is 0 Å². The van der Waals surface area contributed by atoms with Crippen molar-refractivity contribution in [1.29, 1.82) is 0 Å². The molecular formula is C27H32O2. The quantitative estimate of drug-likeness (QED) is 0.541. The molecule has 2 heteroatoms. The van der Waals surface area contributed by atoms with Gasteiger partial charge >= 0.3 is 5.97 Å². The van der Waals surface area contributed by atoms with Crippen molar-refractivity contribution in [2.24, 2.45) is 11.3 Å². The third kappa shape index (κ3) is 3.54. The lowest BCUT2D eigenvalue weighted by Crippen LogP contribution is -2.49. The molecule has 0 aromatic heterocycles. The van der Waals surface area contributed by atoms with E-state index in [9.17, 15) is 4.79 Å². The van der Waals surface area contributed by atoms with Crippen LogP contribution in [0.4, 0.5) is 0 Å². The third-order valence-electron chi connectivity index (χ3n) is 7.25. The average molecular weight is 389 g/mol. The Morgan fingerprint density at radius 3 is 2.59 bits per heavy atom. The van der Waals surface area contributed by atoms with Crippen molar-refractivity contribution in [2.75, 3.05) is 6.61 Å². The Bertz CT molecular complexity index is 927. The Morgan fingerprint density at radius 1 is 1.10 bits per heavy atom. The fourth-order valence-electron chi connectivity index (χ4n) is 5.53. The SMILES string of the molecule is CC(C)c1ccc2c(c1)C=C[C@@H]1[C@](C)(COC(=O)c3ccccc3)CCC[C@]21C. The zero-order valence-electron chi connectivity index (χ0n) is 18.1. The Morgan fingerprint density at radius 2 is 1.86 bits per heavy atom. The molecule has 1 saturated carbocycles. The van der Waals surface area contributed by atoms with Crippen LogP contribution in [0.3, 0.4) is 0 Å². The predicted octanol–water partition coefficient (Wildman–Crippen LogP) is 6.76. The number of rotatable bonds is 4. The maximum absolute atomic E-state index is 12.5. The highest BCUT2D eigenvalue weighted by Crippen LogP contribution is 2.56. The Kier molecular flexibility index (Phi) is 5.14. The van der Waals surface area contributed by atoms with Crippen molar-refractivity contribution in [1.82, 2.24) is 0 Å². The van der Waals surface area contributed by atoms with E-state index in [2.05, 4.69) is 58.0 Å². The number of carbonyl (C=O) groups is 1. The van der Waals surface area contributed by atoms with Gasteiger partial charge in [-0.25, -0.2) is 4.79 Å². The third-order valence-corrected chi connectivity index (χ3v) is 7.25. The highest BCUT2D eigenvalue weighted by Gasteiger charge is 2.50. The molecule has 0 aliphatic heterocycles. The minimum absolute atomic E-state index is 0.0532. The largest absolute Gasteiger partial charge is 0.461 e. The van der Waals surface area contributed by atoms with Gasteiger partial charge in [-0.1, -0.05) is 82.7 Å². The summed E-state index contributed by atoms with van der Waals surface area (Å²) in [4.78, 5) is 12.5.